The van der Waals surface area contributed by atoms with Crippen molar-refractivity contribution in [1.82, 2.24) is 16.1 Å². The summed E-state index contributed by atoms with van der Waals surface area (Å²) in [6.07, 6.45) is 5.09. The fraction of sp³-hybridized carbons (Fsp3) is 0.300. The molecule has 4 rings (SSSR count). The molecular formula is C20H22I2N4Pt. The van der Waals surface area contributed by atoms with Crippen LogP contribution in [-0.4, -0.2) is 22.1 Å². The molecule has 1 aromatic heterocycles. The second kappa shape index (κ2) is 11.0. The predicted molar refractivity (Wildman–Crippen MR) is 122 cm³/mol. The van der Waals surface area contributed by atoms with Gasteiger partial charge >= 0.3 is 129 Å². The van der Waals surface area contributed by atoms with Gasteiger partial charge in [0.05, 0.1) is 0 Å². The number of aromatic amines is 1. The molecule has 0 bridgehead atoms. The van der Waals surface area contributed by atoms with Gasteiger partial charge in [-0.25, -0.2) is 0 Å². The summed E-state index contributed by atoms with van der Waals surface area (Å²) in [5.74, 6) is 0.997. The van der Waals surface area contributed by atoms with Crippen LogP contribution in [0.1, 0.15) is 36.2 Å². The van der Waals surface area contributed by atoms with Gasteiger partial charge in [-0.15, -0.1) is 0 Å². The number of rotatable bonds is 5. The molecule has 1 aliphatic carbocycles. The van der Waals surface area contributed by atoms with Crippen LogP contribution in [0.5, 0.6) is 0 Å². The summed E-state index contributed by atoms with van der Waals surface area (Å²) in [6.45, 7) is 0.821. The molecule has 146 valence electrons. The molecular weight excluding hydrogens is 745 g/mol. The van der Waals surface area contributed by atoms with Crippen molar-refractivity contribution in [2.75, 3.05) is 0 Å². The van der Waals surface area contributed by atoms with E-state index in [0.29, 0.717) is 0 Å². The Balaban J connectivity index is 0.000000253. The number of halogens is 2. The van der Waals surface area contributed by atoms with E-state index in [1.165, 1.54) is 30.4 Å². The molecule has 1 heterocycles. The Morgan fingerprint density at radius 2 is 1.59 bits per heavy atom. The van der Waals surface area contributed by atoms with Crippen LogP contribution >= 0.6 is 45.7 Å². The molecule has 4 nitrogen and oxygen atoms in total. The second-order valence-corrected chi connectivity index (χ2v) is 11.4. The Morgan fingerprint density at radius 1 is 1.00 bits per heavy atom. The second-order valence-electron chi connectivity index (χ2n) is 6.49. The minimum atomic E-state index is 0.821. The fourth-order valence-electron chi connectivity index (χ4n) is 2.70. The first-order valence-corrected chi connectivity index (χ1v) is 12.0. The summed E-state index contributed by atoms with van der Waals surface area (Å²) in [7, 11) is 0. The number of nitrogens with one attached hydrogen (secondary N) is 1. The van der Waals surface area contributed by atoms with Gasteiger partial charge in [-0.2, -0.15) is 1.33 Å². The molecule has 7 heteroatoms. The first kappa shape index (κ1) is 21.4. The molecule has 0 amide bonds. The van der Waals surface area contributed by atoms with Crippen molar-refractivity contribution in [3.8, 4) is 0 Å². The van der Waals surface area contributed by atoms with E-state index in [1.807, 2.05) is 12.1 Å². The average Bonchev–Trinajstić information content (AvgIpc) is 2.94. The van der Waals surface area contributed by atoms with Crippen LogP contribution in [0, 0.1) is 3.80 Å². The third-order valence-electron chi connectivity index (χ3n) is 4.44. The zero-order valence-electron chi connectivity index (χ0n) is 14.8. The molecule has 27 heavy (non-hydrogen) atoms. The average molecular weight is 767 g/mol. The van der Waals surface area contributed by atoms with Crippen molar-refractivity contribution in [2.24, 2.45) is 0 Å². The minimum absolute atomic E-state index is 0.821. The van der Waals surface area contributed by atoms with Crippen molar-refractivity contribution < 1.29 is 19.4 Å². The SMILES string of the molecule is IN(I)C1CCC1.[Pt]=[c]1nc(Cc2ccccc2)[nH]n1Cc1ccccc1. The fourth-order valence-corrected chi connectivity index (χ4v) is 4.43. The Hall–Kier alpha value is -0.312. The first-order valence-electron chi connectivity index (χ1n) is 8.91. The van der Waals surface area contributed by atoms with Crippen LogP contribution in [0.15, 0.2) is 60.7 Å². The quantitative estimate of drug-likeness (QED) is 0.277. The molecule has 0 aliphatic heterocycles. The Morgan fingerprint density at radius 3 is 2.07 bits per heavy atom. The van der Waals surface area contributed by atoms with Crippen molar-refractivity contribution in [2.45, 2.75) is 38.3 Å². The van der Waals surface area contributed by atoms with Crippen LogP contribution in [0.3, 0.4) is 0 Å². The van der Waals surface area contributed by atoms with E-state index < -0.39 is 0 Å². The molecule has 1 N–H and O–H groups in total. The van der Waals surface area contributed by atoms with Crippen LogP contribution in [0.4, 0.5) is 0 Å². The van der Waals surface area contributed by atoms with Gasteiger partial charge in [-0.3, -0.25) is 0 Å². The maximum absolute atomic E-state index is 4.60. The van der Waals surface area contributed by atoms with E-state index in [4.69, 9.17) is 0 Å². The topological polar surface area (TPSA) is 36.9 Å². The molecule has 0 saturated heterocycles. The van der Waals surface area contributed by atoms with Gasteiger partial charge < -0.3 is 0 Å². The third kappa shape index (κ3) is 6.91. The van der Waals surface area contributed by atoms with E-state index in [1.54, 1.807) is 0 Å². The van der Waals surface area contributed by atoms with E-state index in [0.717, 1.165) is 28.6 Å². The monoisotopic (exact) mass is 767 g/mol. The normalized spacial score (nSPS) is 13.8. The zero-order valence-corrected chi connectivity index (χ0v) is 21.4. The van der Waals surface area contributed by atoms with Crippen molar-refractivity contribution >= 4 is 45.7 Å². The Bertz CT molecular complexity index is 874. The summed E-state index contributed by atoms with van der Waals surface area (Å²) in [5.41, 5.74) is 2.54. The van der Waals surface area contributed by atoms with Gasteiger partial charge in [0.25, 0.3) is 0 Å². The number of hydrogen-bond donors (Lipinski definition) is 1. The molecule has 1 fully saturated rings. The molecule has 3 aromatic rings. The number of H-pyrrole nitrogens is 1. The van der Waals surface area contributed by atoms with Crippen LogP contribution < -0.4 is 0 Å². The van der Waals surface area contributed by atoms with Crippen molar-refractivity contribution in [3.05, 3.63) is 81.4 Å². The summed E-state index contributed by atoms with van der Waals surface area (Å²) in [4.78, 5) is 4.60. The Kier molecular flexibility index (Phi) is 8.74. The van der Waals surface area contributed by atoms with Gasteiger partial charge in [-0.05, 0) is 12.8 Å². The van der Waals surface area contributed by atoms with Gasteiger partial charge in [0, 0.05) is 51.8 Å². The molecule has 0 unspecified atom stereocenters. The number of nitrogens with zero attached hydrogens (tertiary/aromatic N) is 3. The number of hydrogen-bond acceptors (Lipinski definition) is 2. The number of aromatic nitrogens is 3. The van der Waals surface area contributed by atoms with Gasteiger partial charge in [-0.1, -0.05) is 6.42 Å². The standard InChI is InChI=1S/C16H15N3.C4H7I2N.Pt/c1-3-7-14(8-4-1)11-16-17-13-19(18-16)12-15-9-5-2-6-10-15;5-7(6)4-2-1-3-4;/h1-10H,11-12H2,(H,17,18);4H,1-3H2;. The van der Waals surface area contributed by atoms with Gasteiger partial charge in [0.2, 0.25) is 0 Å². The van der Waals surface area contributed by atoms with E-state index >= 15 is 0 Å². The summed E-state index contributed by atoms with van der Waals surface area (Å²) in [6, 6.07) is 21.7. The predicted octanol–water partition coefficient (Wildman–Crippen LogP) is 5.47. The zero-order chi connectivity index (χ0) is 19.1. The summed E-state index contributed by atoms with van der Waals surface area (Å²) >= 11 is 6.93. The Labute approximate surface area is 199 Å². The van der Waals surface area contributed by atoms with E-state index in [2.05, 4.69) is 130 Å². The van der Waals surface area contributed by atoms with Crippen molar-refractivity contribution in [1.29, 1.82) is 0 Å². The first-order chi connectivity index (χ1) is 13.1. The molecule has 0 radical (unpaired) electrons. The molecule has 0 atom stereocenters. The molecule has 1 aliphatic rings. The van der Waals surface area contributed by atoms with Gasteiger partial charge in [0.15, 0.2) is 0 Å². The molecule has 0 spiro atoms. The van der Waals surface area contributed by atoms with Crippen molar-refractivity contribution in [3.63, 3.8) is 0 Å². The van der Waals surface area contributed by atoms with Crippen LogP contribution in [-0.2, 0) is 32.3 Å². The molecule has 2 aromatic carbocycles. The molecule has 1 saturated carbocycles. The van der Waals surface area contributed by atoms with E-state index in [9.17, 15) is 0 Å². The number of benzene rings is 2. The van der Waals surface area contributed by atoms with Crippen LogP contribution in [0.25, 0.3) is 0 Å². The van der Waals surface area contributed by atoms with Crippen LogP contribution in [0.2, 0.25) is 0 Å². The summed E-state index contributed by atoms with van der Waals surface area (Å²) in [5, 5.41) is 3.38. The third-order valence-corrected chi connectivity index (χ3v) is 6.88. The van der Waals surface area contributed by atoms with Gasteiger partial charge in [0.1, 0.15) is 0 Å². The summed E-state index contributed by atoms with van der Waals surface area (Å²) < 4.78 is 5.31. The maximum atomic E-state index is 4.60. The van der Waals surface area contributed by atoms with E-state index in [-0.39, 0.29) is 0 Å².